The molecule has 0 bridgehead atoms. The summed E-state index contributed by atoms with van der Waals surface area (Å²) in [5.41, 5.74) is 0.649. The van der Waals surface area contributed by atoms with Crippen LogP contribution < -0.4 is 16.0 Å². The Hall–Kier alpha value is -2.46. The van der Waals surface area contributed by atoms with E-state index in [2.05, 4.69) is 16.0 Å². The van der Waals surface area contributed by atoms with Crippen molar-refractivity contribution < 1.29 is 14.0 Å². The van der Waals surface area contributed by atoms with Crippen molar-refractivity contribution >= 4 is 17.5 Å². The van der Waals surface area contributed by atoms with E-state index in [4.69, 9.17) is 5.26 Å². The van der Waals surface area contributed by atoms with E-state index in [0.29, 0.717) is 0 Å². The number of rotatable bonds is 2. The maximum absolute atomic E-state index is 13.6. The second-order valence-corrected chi connectivity index (χ2v) is 4.47. The Labute approximate surface area is 115 Å². The third-order valence-electron chi connectivity index (χ3n) is 3.06. The number of hydrogen-bond acceptors (Lipinski definition) is 4. The first kappa shape index (κ1) is 14.0. The monoisotopic (exact) mass is 276 g/mol. The molecule has 0 aromatic heterocycles. The van der Waals surface area contributed by atoms with Crippen molar-refractivity contribution in [2.45, 2.75) is 13.0 Å². The molecule has 7 heteroatoms. The van der Waals surface area contributed by atoms with Gasteiger partial charge in [0.1, 0.15) is 11.9 Å². The molecule has 2 rings (SSSR count). The van der Waals surface area contributed by atoms with Gasteiger partial charge in [-0.05, 0) is 19.1 Å². The number of amides is 2. The number of nitrogens with zero attached hydrogens (tertiary/aromatic N) is 1. The fourth-order valence-corrected chi connectivity index (χ4v) is 1.84. The first-order chi connectivity index (χ1) is 9.51. The van der Waals surface area contributed by atoms with Crippen LogP contribution in [0.25, 0.3) is 0 Å². The summed E-state index contributed by atoms with van der Waals surface area (Å²) in [6.45, 7) is 1.75. The predicted molar refractivity (Wildman–Crippen MR) is 69.3 cm³/mol. The Balaban J connectivity index is 2.14. The van der Waals surface area contributed by atoms with Gasteiger partial charge in [-0.25, -0.2) is 4.39 Å². The van der Waals surface area contributed by atoms with Crippen LogP contribution >= 0.6 is 0 Å². The number of anilines is 1. The van der Waals surface area contributed by atoms with Crippen LogP contribution in [0, 0.1) is 24.1 Å². The topological polar surface area (TPSA) is 94.0 Å². The molecule has 1 aliphatic heterocycles. The maximum atomic E-state index is 13.6. The van der Waals surface area contributed by atoms with Crippen LogP contribution in [0.5, 0.6) is 0 Å². The summed E-state index contributed by atoms with van der Waals surface area (Å²) < 4.78 is 13.6. The SMILES string of the molecule is Cc1c(F)cc(C#N)cc1NC(=O)C1CNC(=O)CN1. The smallest absolute Gasteiger partial charge is 0.243 e. The van der Waals surface area contributed by atoms with Gasteiger partial charge in [0.2, 0.25) is 11.8 Å². The lowest BCUT2D eigenvalue weighted by Gasteiger charge is -2.23. The highest BCUT2D eigenvalue weighted by atomic mass is 19.1. The van der Waals surface area contributed by atoms with Crippen molar-refractivity contribution in [3.63, 3.8) is 0 Å². The third-order valence-corrected chi connectivity index (χ3v) is 3.06. The van der Waals surface area contributed by atoms with Crippen LogP contribution in [-0.4, -0.2) is 30.9 Å². The lowest BCUT2D eigenvalue weighted by atomic mass is 10.1. The molecular formula is C13H13FN4O2. The molecule has 0 saturated carbocycles. The van der Waals surface area contributed by atoms with Gasteiger partial charge >= 0.3 is 0 Å². The molecule has 0 spiro atoms. The number of carbonyl (C=O) groups excluding carboxylic acids is 2. The second-order valence-electron chi connectivity index (χ2n) is 4.47. The number of piperazine rings is 1. The van der Waals surface area contributed by atoms with E-state index in [1.165, 1.54) is 13.0 Å². The Morgan fingerprint density at radius 3 is 2.90 bits per heavy atom. The molecule has 0 aliphatic carbocycles. The summed E-state index contributed by atoms with van der Waals surface area (Å²) in [5.74, 6) is -1.12. The van der Waals surface area contributed by atoms with Gasteiger partial charge in [0.25, 0.3) is 0 Å². The fraction of sp³-hybridized carbons (Fsp3) is 0.308. The summed E-state index contributed by atoms with van der Waals surface area (Å²) >= 11 is 0. The number of benzene rings is 1. The molecule has 6 nitrogen and oxygen atoms in total. The van der Waals surface area contributed by atoms with Crippen molar-refractivity contribution in [2.75, 3.05) is 18.4 Å². The standard InChI is InChI=1S/C13H13FN4O2/c1-7-9(14)2-8(4-15)3-10(7)18-13(20)11-5-17-12(19)6-16-11/h2-3,11,16H,5-6H2,1H3,(H,17,19)(H,18,20). The maximum Gasteiger partial charge on any atom is 0.243 e. The zero-order valence-electron chi connectivity index (χ0n) is 10.8. The van der Waals surface area contributed by atoms with Gasteiger partial charge in [0.15, 0.2) is 0 Å². The van der Waals surface area contributed by atoms with Crippen LogP contribution in [0.3, 0.4) is 0 Å². The quantitative estimate of drug-likeness (QED) is 0.710. The van der Waals surface area contributed by atoms with E-state index in [9.17, 15) is 14.0 Å². The number of carbonyl (C=O) groups is 2. The van der Waals surface area contributed by atoms with E-state index in [0.717, 1.165) is 6.07 Å². The highest BCUT2D eigenvalue weighted by Gasteiger charge is 2.24. The van der Waals surface area contributed by atoms with E-state index in [-0.39, 0.29) is 41.7 Å². The Morgan fingerprint density at radius 1 is 1.55 bits per heavy atom. The highest BCUT2D eigenvalue weighted by Crippen LogP contribution is 2.20. The van der Waals surface area contributed by atoms with Crippen LogP contribution in [0.15, 0.2) is 12.1 Å². The number of nitrogens with one attached hydrogen (secondary N) is 3. The zero-order chi connectivity index (χ0) is 14.7. The summed E-state index contributed by atoms with van der Waals surface area (Å²) in [7, 11) is 0. The molecule has 104 valence electrons. The average Bonchev–Trinajstić information content (AvgIpc) is 2.44. The van der Waals surface area contributed by atoms with E-state index in [1.807, 2.05) is 6.07 Å². The van der Waals surface area contributed by atoms with Gasteiger partial charge in [-0.3, -0.25) is 14.9 Å². The van der Waals surface area contributed by atoms with Crippen molar-refractivity contribution in [3.05, 3.63) is 29.1 Å². The largest absolute Gasteiger partial charge is 0.353 e. The average molecular weight is 276 g/mol. The van der Waals surface area contributed by atoms with Crippen LogP contribution in [0.2, 0.25) is 0 Å². The molecule has 2 amide bonds. The molecular weight excluding hydrogens is 263 g/mol. The molecule has 1 atom stereocenters. The molecule has 1 unspecified atom stereocenters. The fourth-order valence-electron chi connectivity index (χ4n) is 1.84. The molecule has 3 N–H and O–H groups in total. The van der Waals surface area contributed by atoms with Gasteiger partial charge in [-0.15, -0.1) is 0 Å². The minimum atomic E-state index is -0.582. The third kappa shape index (κ3) is 2.92. The van der Waals surface area contributed by atoms with Crippen molar-refractivity contribution in [2.24, 2.45) is 0 Å². The normalized spacial score (nSPS) is 18.1. The Morgan fingerprint density at radius 2 is 2.30 bits per heavy atom. The molecule has 1 aliphatic rings. The first-order valence-electron chi connectivity index (χ1n) is 6.02. The summed E-state index contributed by atoms with van der Waals surface area (Å²) in [4.78, 5) is 23.0. The minimum absolute atomic E-state index is 0.0592. The summed E-state index contributed by atoms with van der Waals surface area (Å²) in [6, 6.07) is 3.78. The number of halogens is 1. The number of nitriles is 1. The van der Waals surface area contributed by atoms with Gasteiger partial charge in [-0.1, -0.05) is 0 Å². The van der Waals surface area contributed by atoms with E-state index < -0.39 is 11.9 Å². The molecule has 20 heavy (non-hydrogen) atoms. The molecule has 1 fully saturated rings. The molecule has 0 radical (unpaired) electrons. The summed E-state index contributed by atoms with van der Waals surface area (Å²) in [5, 5.41) is 16.7. The Kier molecular flexibility index (Phi) is 3.96. The highest BCUT2D eigenvalue weighted by molar-refractivity contribution is 5.97. The predicted octanol–water partition coefficient (Wildman–Crippen LogP) is 0.0323. The second kappa shape index (κ2) is 5.67. The summed E-state index contributed by atoms with van der Waals surface area (Å²) in [6.07, 6.45) is 0. The molecule has 1 aromatic rings. The zero-order valence-corrected chi connectivity index (χ0v) is 10.8. The molecule has 1 aromatic carbocycles. The van der Waals surface area contributed by atoms with Gasteiger partial charge < -0.3 is 10.6 Å². The number of hydrogen-bond donors (Lipinski definition) is 3. The van der Waals surface area contributed by atoms with Crippen molar-refractivity contribution in [3.8, 4) is 6.07 Å². The lowest BCUT2D eigenvalue weighted by molar-refractivity contribution is -0.124. The van der Waals surface area contributed by atoms with Gasteiger partial charge in [0, 0.05) is 17.8 Å². The lowest BCUT2D eigenvalue weighted by Crippen LogP contribution is -2.56. The van der Waals surface area contributed by atoms with Crippen LogP contribution in [-0.2, 0) is 9.59 Å². The van der Waals surface area contributed by atoms with Crippen LogP contribution in [0.4, 0.5) is 10.1 Å². The Bertz CT molecular complexity index is 599. The van der Waals surface area contributed by atoms with E-state index in [1.54, 1.807) is 0 Å². The molecule has 1 saturated heterocycles. The van der Waals surface area contributed by atoms with Crippen LogP contribution in [0.1, 0.15) is 11.1 Å². The van der Waals surface area contributed by atoms with Gasteiger partial charge in [0.05, 0.1) is 18.2 Å². The van der Waals surface area contributed by atoms with Crippen molar-refractivity contribution in [1.82, 2.24) is 10.6 Å². The van der Waals surface area contributed by atoms with E-state index >= 15 is 0 Å². The van der Waals surface area contributed by atoms with Crippen molar-refractivity contribution in [1.29, 1.82) is 5.26 Å². The molecule has 1 heterocycles. The minimum Gasteiger partial charge on any atom is -0.353 e. The van der Waals surface area contributed by atoms with Gasteiger partial charge in [-0.2, -0.15) is 5.26 Å². The first-order valence-corrected chi connectivity index (χ1v) is 6.02.